The standard InChI is InChI=1S/C55H89N5O12S/c1-14-16-29-73-45-33-48(64)60(54(45)67)27-21-17-18-26-46(62)57(9)49(35(5)6)42(61)31-39(34(3)4)53(66)58(10)50(36(7)15-2)44(71-12)32-47(63)59-28-22-24-41(59)51(72-13)37(8)52(65)56-40(55(68)69)30-38-23-19-20-25-43(38)70-11/h19-20,23,25,34-37,39-41,44-45,49-51H,14-18,21-22,24,26-33H2,1-13H3,(H,56,65)(H,68,69)/t36-,37+,39-,40-,41-,44+,45?,49-,50-,51+/m0/s1. The summed E-state index contributed by atoms with van der Waals surface area (Å²) in [6.45, 7) is 16.1. The maximum Gasteiger partial charge on any atom is 0.326 e. The summed E-state index contributed by atoms with van der Waals surface area (Å²) >= 11 is 1.55. The number of hydrogen-bond donors (Lipinski definition) is 2. The summed E-state index contributed by atoms with van der Waals surface area (Å²) in [5.41, 5.74) is 0.626. The molecule has 0 radical (unpaired) electrons. The van der Waals surface area contributed by atoms with Gasteiger partial charge in [-0.15, -0.1) is 11.8 Å². The van der Waals surface area contributed by atoms with Gasteiger partial charge in [-0.25, -0.2) is 4.79 Å². The van der Waals surface area contributed by atoms with Gasteiger partial charge in [-0.2, -0.15) is 0 Å². The minimum Gasteiger partial charge on any atom is -0.496 e. The molecule has 1 unspecified atom stereocenters. The molecule has 73 heavy (non-hydrogen) atoms. The first-order chi connectivity index (χ1) is 34.6. The fourth-order valence-corrected chi connectivity index (χ4v) is 11.9. The molecule has 18 heteroatoms. The minimum absolute atomic E-state index is 0.000753. The summed E-state index contributed by atoms with van der Waals surface area (Å²) < 4.78 is 17.4. The first-order valence-corrected chi connectivity index (χ1v) is 27.7. The molecule has 0 aliphatic carbocycles. The molecule has 412 valence electrons. The molecule has 0 spiro atoms. The number of likely N-dealkylation sites (tertiary alicyclic amines) is 2. The van der Waals surface area contributed by atoms with E-state index < -0.39 is 60.1 Å². The lowest BCUT2D eigenvalue weighted by molar-refractivity contribution is -0.150. The number of aliphatic carboxylic acids is 1. The quantitative estimate of drug-likeness (QED) is 0.0558. The number of unbranched alkanes of at least 4 members (excludes halogenated alkanes) is 3. The maximum atomic E-state index is 14.7. The number of carbonyl (C=O) groups is 8. The Morgan fingerprint density at radius 1 is 0.877 bits per heavy atom. The van der Waals surface area contributed by atoms with Crippen LogP contribution in [0.4, 0.5) is 0 Å². The molecule has 3 rings (SSSR count). The van der Waals surface area contributed by atoms with Crippen molar-refractivity contribution in [1.82, 2.24) is 24.9 Å². The van der Waals surface area contributed by atoms with Crippen molar-refractivity contribution in [1.29, 1.82) is 0 Å². The molecule has 10 atom stereocenters. The van der Waals surface area contributed by atoms with Gasteiger partial charge in [0, 0.05) is 73.0 Å². The largest absolute Gasteiger partial charge is 0.496 e. The van der Waals surface area contributed by atoms with Gasteiger partial charge in [0.1, 0.15) is 11.8 Å². The summed E-state index contributed by atoms with van der Waals surface area (Å²) in [4.78, 5) is 115. The van der Waals surface area contributed by atoms with Crippen LogP contribution in [0.5, 0.6) is 5.75 Å². The average molecular weight is 1040 g/mol. The number of thioether (sulfide) groups is 1. The van der Waals surface area contributed by atoms with E-state index in [0.717, 1.165) is 18.6 Å². The van der Waals surface area contributed by atoms with Crippen LogP contribution in [0.3, 0.4) is 0 Å². The summed E-state index contributed by atoms with van der Waals surface area (Å²) in [6, 6.07) is 3.97. The normalized spacial score (nSPS) is 19.3. The molecule has 2 N–H and O–H groups in total. The Kier molecular flexibility index (Phi) is 26.4. The smallest absolute Gasteiger partial charge is 0.326 e. The first kappa shape index (κ1) is 62.7. The highest BCUT2D eigenvalue weighted by Gasteiger charge is 2.44. The number of benzene rings is 1. The topological polar surface area (TPSA) is 209 Å². The summed E-state index contributed by atoms with van der Waals surface area (Å²) in [5.74, 6) is -3.67. The van der Waals surface area contributed by atoms with Crippen LogP contribution in [-0.4, -0.2) is 168 Å². The number of hydrogen-bond acceptors (Lipinski definition) is 12. The molecule has 2 heterocycles. The molecular weight excluding hydrogens is 955 g/mol. The van der Waals surface area contributed by atoms with Crippen molar-refractivity contribution >= 4 is 59.0 Å². The second-order valence-electron chi connectivity index (χ2n) is 20.8. The Labute approximate surface area is 439 Å². The SMILES string of the molecule is CCCCSC1CC(=O)N(CCCCCC(=O)N(C)[C@H](C(=O)C[C@H](C(=O)N(C)[C@@H]([C@@H](C)CC)[C@@H](CC(=O)N2CCC[C@H]2[C@H](OC)[C@@H](C)C(=O)N[C@@H](Cc2ccccc2OC)C(=O)O)OC)C(C)C)C(C)C)C1=O. The summed E-state index contributed by atoms with van der Waals surface area (Å²) in [6.07, 6.45) is 4.47. The lowest BCUT2D eigenvalue weighted by atomic mass is 9.83. The Morgan fingerprint density at radius 3 is 2.15 bits per heavy atom. The Hall–Kier alpha value is -4.55. The van der Waals surface area contributed by atoms with Crippen molar-refractivity contribution in [2.75, 3.05) is 54.3 Å². The van der Waals surface area contributed by atoms with Crippen molar-refractivity contribution in [3.8, 4) is 5.75 Å². The Balaban J connectivity index is 1.69. The number of amides is 6. The van der Waals surface area contributed by atoms with E-state index in [1.165, 1.54) is 31.1 Å². The van der Waals surface area contributed by atoms with Crippen LogP contribution in [0.2, 0.25) is 0 Å². The molecule has 2 aliphatic heterocycles. The van der Waals surface area contributed by atoms with E-state index in [2.05, 4.69) is 12.2 Å². The fourth-order valence-electron chi connectivity index (χ4n) is 10.6. The van der Waals surface area contributed by atoms with E-state index in [4.69, 9.17) is 14.2 Å². The number of para-hydroxylation sites is 1. The van der Waals surface area contributed by atoms with Crippen molar-refractivity contribution in [3.05, 3.63) is 29.8 Å². The summed E-state index contributed by atoms with van der Waals surface area (Å²) in [5, 5.41) is 12.5. The second kappa shape index (κ2) is 30.7. The predicted molar refractivity (Wildman–Crippen MR) is 283 cm³/mol. The number of ketones is 1. The van der Waals surface area contributed by atoms with E-state index in [1.54, 1.807) is 66.8 Å². The fraction of sp³-hybridized carbons (Fsp3) is 0.745. The van der Waals surface area contributed by atoms with Crippen LogP contribution in [0.25, 0.3) is 0 Å². The molecule has 0 saturated carbocycles. The van der Waals surface area contributed by atoms with Crippen molar-refractivity contribution in [2.24, 2.45) is 29.6 Å². The van der Waals surface area contributed by atoms with Crippen LogP contribution in [0.1, 0.15) is 138 Å². The first-order valence-electron chi connectivity index (χ1n) is 26.6. The zero-order chi connectivity index (χ0) is 54.7. The monoisotopic (exact) mass is 1040 g/mol. The van der Waals surface area contributed by atoms with Gasteiger partial charge in [0.25, 0.3) is 0 Å². The third kappa shape index (κ3) is 17.2. The minimum atomic E-state index is -1.24. The molecule has 2 fully saturated rings. The number of imide groups is 1. The van der Waals surface area contributed by atoms with Crippen LogP contribution in [0, 0.1) is 29.6 Å². The van der Waals surface area contributed by atoms with Gasteiger partial charge in [-0.05, 0) is 67.2 Å². The molecule has 1 aromatic carbocycles. The van der Waals surface area contributed by atoms with Crippen molar-refractivity contribution < 1.29 is 57.7 Å². The molecular formula is C55H89N5O12S. The second-order valence-corrected chi connectivity index (χ2v) is 22.1. The Bertz CT molecular complexity index is 2000. The van der Waals surface area contributed by atoms with E-state index in [9.17, 15) is 43.5 Å². The highest BCUT2D eigenvalue weighted by atomic mass is 32.2. The maximum absolute atomic E-state index is 14.7. The van der Waals surface area contributed by atoms with Crippen molar-refractivity contribution in [2.45, 2.75) is 180 Å². The molecule has 1 aromatic rings. The molecule has 2 aliphatic rings. The number of nitrogens with zero attached hydrogens (tertiary/aromatic N) is 4. The number of nitrogens with one attached hydrogen (secondary N) is 1. The number of carboxylic acids is 1. The molecule has 0 aromatic heterocycles. The van der Waals surface area contributed by atoms with Gasteiger partial charge in [0.15, 0.2) is 5.78 Å². The van der Waals surface area contributed by atoms with Crippen molar-refractivity contribution in [3.63, 3.8) is 0 Å². The zero-order valence-electron chi connectivity index (χ0n) is 46.2. The lowest BCUT2D eigenvalue weighted by Gasteiger charge is -2.41. The van der Waals surface area contributed by atoms with Crippen LogP contribution in [0.15, 0.2) is 24.3 Å². The van der Waals surface area contributed by atoms with E-state index in [1.807, 2.05) is 41.5 Å². The van der Waals surface area contributed by atoms with Gasteiger partial charge < -0.3 is 39.3 Å². The predicted octanol–water partition coefficient (Wildman–Crippen LogP) is 6.66. The number of carboxylic acid groups (broad SMARTS) is 1. The average Bonchev–Trinajstić information content (AvgIpc) is 3.95. The number of Topliss-reactive ketones (excluding diaryl/α,β-unsaturated/α-hetero) is 1. The van der Waals surface area contributed by atoms with Gasteiger partial charge >= 0.3 is 5.97 Å². The number of likely N-dealkylation sites (N-methyl/N-ethyl adjacent to an activating group) is 2. The third-order valence-electron chi connectivity index (χ3n) is 15.1. The van der Waals surface area contributed by atoms with Gasteiger partial charge in [0.2, 0.25) is 35.4 Å². The molecule has 6 amide bonds. The van der Waals surface area contributed by atoms with Crippen LogP contribution < -0.4 is 10.1 Å². The summed E-state index contributed by atoms with van der Waals surface area (Å²) in [7, 11) is 7.82. The van der Waals surface area contributed by atoms with E-state index >= 15 is 0 Å². The third-order valence-corrected chi connectivity index (χ3v) is 16.4. The van der Waals surface area contributed by atoms with E-state index in [-0.39, 0.29) is 90.4 Å². The Morgan fingerprint density at radius 2 is 1.56 bits per heavy atom. The van der Waals surface area contributed by atoms with Crippen LogP contribution >= 0.6 is 11.8 Å². The zero-order valence-corrected chi connectivity index (χ0v) is 47.0. The lowest BCUT2D eigenvalue weighted by Crippen LogP contribution is -2.55. The van der Waals surface area contributed by atoms with E-state index in [0.29, 0.717) is 62.9 Å². The molecule has 17 nitrogen and oxygen atoms in total. The number of ether oxygens (including phenoxy) is 3. The molecule has 0 bridgehead atoms. The molecule has 2 saturated heterocycles. The number of methoxy groups -OCH3 is 3. The number of carbonyl (C=O) groups excluding carboxylic acids is 7. The van der Waals surface area contributed by atoms with Gasteiger partial charge in [-0.1, -0.05) is 92.9 Å². The van der Waals surface area contributed by atoms with Crippen LogP contribution in [-0.2, 0) is 54.3 Å². The number of rotatable bonds is 33. The highest BCUT2D eigenvalue weighted by Crippen LogP contribution is 2.32. The highest BCUT2D eigenvalue weighted by molar-refractivity contribution is 8.00. The van der Waals surface area contributed by atoms with Gasteiger partial charge in [0.05, 0.1) is 55.0 Å². The van der Waals surface area contributed by atoms with Gasteiger partial charge in [-0.3, -0.25) is 38.5 Å².